The summed E-state index contributed by atoms with van der Waals surface area (Å²) in [6.45, 7) is 0.869. The summed E-state index contributed by atoms with van der Waals surface area (Å²) >= 11 is 0. The van der Waals surface area contributed by atoms with Crippen molar-refractivity contribution in [1.29, 1.82) is 0 Å². The Balaban J connectivity index is 1.86. The number of aromatic carboxylic acids is 1. The average molecular weight is 294 g/mol. The Bertz CT molecular complexity index is 528. The van der Waals surface area contributed by atoms with Crippen LogP contribution in [0.2, 0.25) is 0 Å². The van der Waals surface area contributed by atoms with Gasteiger partial charge in [0.05, 0.1) is 17.8 Å². The second-order valence-corrected chi connectivity index (χ2v) is 5.32. The summed E-state index contributed by atoms with van der Waals surface area (Å²) in [6, 6.07) is 3.20. The first-order valence-electron chi connectivity index (χ1n) is 7.09. The van der Waals surface area contributed by atoms with Gasteiger partial charge in [0.1, 0.15) is 5.82 Å². The first-order chi connectivity index (χ1) is 10.1. The third kappa shape index (κ3) is 4.53. The molecule has 1 aromatic carbocycles. The van der Waals surface area contributed by atoms with Gasteiger partial charge in [-0.3, -0.25) is 4.79 Å². The van der Waals surface area contributed by atoms with Crippen LogP contribution in [0.15, 0.2) is 18.2 Å². The molecule has 0 bridgehead atoms. The highest BCUT2D eigenvalue weighted by molar-refractivity contribution is 6.01. The molecule has 114 valence electrons. The number of carboxylic acids is 1. The normalized spacial score (nSPS) is 15.1. The fourth-order valence-corrected chi connectivity index (χ4v) is 2.61. The minimum absolute atomic E-state index is 0.0184. The van der Waals surface area contributed by atoms with E-state index in [-0.39, 0.29) is 23.7 Å². The monoisotopic (exact) mass is 294 g/mol. The number of hydrogen-bond acceptors (Lipinski definition) is 3. The number of carboxylic acid groups (broad SMARTS) is 1. The topological polar surface area (TPSA) is 78.4 Å². The van der Waals surface area contributed by atoms with Gasteiger partial charge in [-0.05, 0) is 43.5 Å². The molecule has 6 heteroatoms. The summed E-state index contributed by atoms with van der Waals surface area (Å²) in [7, 11) is 0. The molecule has 1 fully saturated rings. The van der Waals surface area contributed by atoms with Crippen LogP contribution in [0.4, 0.5) is 10.1 Å². The van der Waals surface area contributed by atoms with Crippen LogP contribution in [-0.4, -0.2) is 30.1 Å². The van der Waals surface area contributed by atoms with E-state index < -0.39 is 11.8 Å². The molecule has 0 saturated heterocycles. The van der Waals surface area contributed by atoms with Gasteiger partial charge >= 0.3 is 5.97 Å². The number of benzene rings is 1. The van der Waals surface area contributed by atoms with Crippen molar-refractivity contribution in [1.82, 2.24) is 5.32 Å². The van der Waals surface area contributed by atoms with Crippen molar-refractivity contribution in [2.45, 2.75) is 25.7 Å². The van der Waals surface area contributed by atoms with E-state index in [1.807, 2.05) is 0 Å². The second kappa shape index (κ2) is 7.17. The molecule has 0 aromatic heterocycles. The van der Waals surface area contributed by atoms with Gasteiger partial charge in [-0.15, -0.1) is 0 Å². The molecule has 21 heavy (non-hydrogen) atoms. The minimum atomic E-state index is -1.20. The number of rotatable bonds is 6. The van der Waals surface area contributed by atoms with E-state index in [2.05, 4.69) is 10.6 Å². The van der Waals surface area contributed by atoms with Crippen LogP contribution in [0.1, 0.15) is 36.0 Å². The zero-order valence-electron chi connectivity index (χ0n) is 11.7. The molecule has 1 aliphatic carbocycles. The van der Waals surface area contributed by atoms with Gasteiger partial charge in [0.25, 0.3) is 0 Å². The largest absolute Gasteiger partial charge is 0.478 e. The molecule has 1 saturated carbocycles. The van der Waals surface area contributed by atoms with Crippen LogP contribution in [-0.2, 0) is 4.79 Å². The Hall–Kier alpha value is -1.95. The molecule has 0 heterocycles. The minimum Gasteiger partial charge on any atom is -0.478 e. The van der Waals surface area contributed by atoms with Crippen LogP contribution < -0.4 is 10.6 Å². The smallest absolute Gasteiger partial charge is 0.337 e. The Morgan fingerprint density at radius 2 is 2.00 bits per heavy atom. The first kappa shape index (κ1) is 15.4. The van der Waals surface area contributed by atoms with E-state index in [9.17, 15) is 14.0 Å². The van der Waals surface area contributed by atoms with E-state index in [1.54, 1.807) is 0 Å². The van der Waals surface area contributed by atoms with Crippen molar-refractivity contribution < 1.29 is 19.1 Å². The summed E-state index contributed by atoms with van der Waals surface area (Å²) in [5, 5.41) is 14.5. The molecular weight excluding hydrogens is 275 g/mol. The number of amides is 1. The number of halogens is 1. The van der Waals surface area contributed by atoms with Gasteiger partial charge in [-0.25, -0.2) is 9.18 Å². The molecule has 5 nitrogen and oxygen atoms in total. The van der Waals surface area contributed by atoms with Crippen LogP contribution >= 0.6 is 0 Å². The Morgan fingerprint density at radius 3 is 2.67 bits per heavy atom. The maximum atomic E-state index is 13.2. The molecule has 0 atom stereocenters. The molecule has 3 N–H and O–H groups in total. The van der Waals surface area contributed by atoms with Gasteiger partial charge < -0.3 is 15.7 Å². The predicted molar refractivity (Wildman–Crippen MR) is 76.8 cm³/mol. The number of anilines is 1. The molecule has 0 spiro atoms. The van der Waals surface area contributed by atoms with Crippen LogP contribution in [0.5, 0.6) is 0 Å². The molecule has 1 amide bonds. The van der Waals surface area contributed by atoms with Crippen molar-refractivity contribution in [3.05, 3.63) is 29.6 Å². The number of nitrogens with one attached hydrogen (secondary N) is 2. The van der Waals surface area contributed by atoms with Crippen LogP contribution in [0.25, 0.3) is 0 Å². The third-order valence-electron chi connectivity index (χ3n) is 3.68. The molecule has 2 rings (SSSR count). The SMILES string of the molecule is O=C(CNCC1CCCC1)Nc1cc(F)ccc1C(=O)O. The quantitative estimate of drug-likeness (QED) is 0.752. The third-order valence-corrected chi connectivity index (χ3v) is 3.68. The van der Waals surface area contributed by atoms with E-state index in [4.69, 9.17) is 5.11 Å². The van der Waals surface area contributed by atoms with Gasteiger partial charge in [0, 0.05) is 0 Å². The highest BCUT2D eigenvalue weighted by Crippen LogP contribution is 2.23. The summed E-state index contributed by atoms with van der Waals surface area (Å²) < 4.78 is 13.2. The van der Waals surface area contributed by atoms with E-state index >= 15 is 0 Å². The lowest BCUT2D eigenvalue weighted by Gasteiger charge is -2.12. The van der Waals surface area contributed by atoms with Gasteiger partial charge in [-0.2, -0.15) is 0 Å². The van der Waals surface area contributed by atoms with Crippen molar-refractivity contribution in [3.63, 3.8) is 0 Å². The summed E-state index contributed by atoms with van der Waals surface area (Å²) in [5.41, 5.74) is -0.143. The molecule has 0 radical (unpaired) electrons. The Morgan fingerprint density at radius 1 is 1.29 bits per heavy atom. The summed E-state index contributed by atoms with van der Waals surface area (Å²) in [4.78, 5) is 22.8. The maximum absolute atomic E-state index is 13.2. The van der Waals surface area contributed by atoms with Gasteiger partial charge in [0.15, 0.2) is 0 Å². The molecule has 0 unspecified atom stereocenters. The standard InChI is InChI=1S/C15H19FN2O3/c16-11-5-6-12(15(20)21)13(7-11)18-14(19)9-17-8-10-3-1-2-4-10/h5-7,10,17H,1-4,8-9H2,(H,18,19)(H,20,21). The van der Waals surface area contributed by atoms with Crippen LogP contribution in [0.3, 0.4) is 0 Å². The summed E-state index contributed by atoms with van der Waals surface area (Å²) in [5.74, 6) is -1.55. The predicted octanol–water partition coefficient (Wildman–Crippen LogP) is 2.24. The zero-order valence-corrected chi connectivity index (χ0v) is 11.7. The van der Waals surface area contributed by atoms with E-state index in [0.29, 0.717) is 5.92 Å². The highest BCUT2D eigenvalue weighted by Gasteiger charge is 2.16. The van der Waals surface area contributed by atoms with Crippen molar-refractivity contribution >= 4 is 17.6 Å². The lowest BCUT2D eigenvalue weighted by molar-refractivity contribution is -0.115. The van der Waals surface area contributed by atoms with Crippen molar-refractivity contribution in [3.8, 4) is 0 Å². The number of carbonyl (C=O) groups is 2. The maximum Gasteiger partial charge on any atom is 0.337 e. The second-order valence-electron chi connectivity index (χ2n) is 5.32. The lowest BCUT2D eigenvalue weighted by Crippen LogP contribution is -2.31. The Kier molecular flexibility index (Phi) is 5.27. The summed E-state index contributed by atoms with van der Waals surface area (Å²) in [6.07, 6.45) is 4.84. The van der Waals surface area contributed by atoms with Gasteiger partial charge in [-0.1, -0.05) is 12.8 Å². The van der Waals surface area contributed by atoms with E-state index in [1.165, 1.54) is 25.7 Å². The van der Waals surface area contributed by atoms with Gasteiger partial charge in [0.2, 0.25) is 5.91 Å². The Labute approximate surface area is 122 Å². The average Bonchev–Trinajstić information content (AvgIpc) is 2.91. The highest BCUT2D eigenvalue weighted by atomic mass is 19.1. The number of carbonyl (C=O) groups excluding carboxylic acids is 1. The fraction of sp³-hybridized carbons (Fsp3) is 0.467. The van der Waals surface area contributed by atoms with E-state index in [0.717, 1.165) is 24.7 Å². The first-order valence-corrected chi connectivity index (χ1v) is 7.09. The molecule has 1 aromatic rings. The van der Waals surface area contributed by atoms with Crippen molar-refractivity contribution in [2.24, 2.45) is 5.92 Å². The van der Waals surface area contributed by atoms with Crippen molar-refractivity contribution in [2.75, 3.05) is 18.4 Å². The number of hydrogen-bond donors (Lipinski definition) is 3. The molecular formula is C15H19FN2O3. The fourth-order valence-electron chi connectivity index (χ4n) is 2.61. The van der Waals surface area contributed by atoms with Crippen LogP contribution in [0, 0.1) is 11.7 Å². The zero-order chi connectivity index (χ0) is 15.2. The molecule has 1 aliphatic rings. The molecule has 0 aliphatic heterocycles. The lowest BCUT2D eigenvalue weighted by atomic mass is 10.1.